The lowest BCUT2D eigenvalue weighted by Crippen LogP contribution is -2.41. The molecule has 0 aromatic heterocycles. The molecular weight excluding hydrogens is 196 g/mol. The molecule has 0 amide bonds. The third kappa shape index (κ3) is 2.60. The van der Waals surface area contributed by atoms with Crippen molar-refractivity contribution in [3.63, 3.8) is 0 Å². The molecule has 0 aliphatic carbocycles. The number of likely N-dealkylation sites (tertiary alicyclic amines) is 1. The second kappa shape index (κ2) is 5.05. The summed E-state index contributed by atoms with van der Waals surface area (Å²) in [4.78, 5) is 2.49. The first kappa shape index (κ1) is 12.4. The summed E-state index contributed by atoms with van der Waals surface area (Å²) in [5, 5.41) is 3.61. The Labute approximate surface area is 101 Å². The average molecular weight is 224 g/mol. The standard InChI is InChI=1S/C14H28N2/c1-12(2)10-14(6-7-15-11-14)13-4-8-16(3)9-5-13/h12-13,15H,4-11H2,1-3H3. The number of hydrogen-bond donors (Lipinski definition) is 1. The molecule has 0 bridgehead atoms. The van der Waals surface area contributed by atoms with E-state index in [1.807, 2.05) is 0 Å². The molecule has 2 rings (SSSR count). The first-order valence-corrected chi connectivity index (χ1v) is 7.02. The van der Waals surface area contributed by atoms with Crippen molar-refractivity contribution >= 4 is 0 Å². The van der Waals surface area contributed by atoms with E-state index in [0.29, 0.717) is 5.41 Å². The van der Waals surface area contributed by atoms with Gasteiger partial charge in [0.15, 0.2) is 0 Å². The first-order chi connectivity index (χ1) is 7.62. The summed E-state index contributed by atoms with van der Waals surface area (Å²) in [5.74, 6) is 1.82. The lowest BCUT2D eigenvalue weighted by Gasteiger charge is -2.42. The van der Waals surface area contributed by atoms with Crippen LogP contribution in [-0.2, 0) is 0 Å². The summed E-state index contributed by atoms with van der Waals surface area (Å²) in [6, 6.07) is 0. The molecule has 16 heavy (non-hydrogen) atoms. The predicted octanol–water partition coefficient (Wildman–Crippen LogP) is 2.35. The van der Waals surface area contributed by atoms with Gasteiger partial charge in [-0.25, -0.2) is 0 Å². The van der Waals surface area contributed by atoms with Crippen LogP contribution >= 0.6 is 0 Å². The second-order valence-corrected chi connectivity index (χ2v) is 6.46. The van der Waals surface area contributed by atoms with E-state index in [1.165, 1.54) is 51.9 Å². The largest absolute Gasteiger partial charge is 0.316 e. The minimum Gasteiger partial charge on any atom is -0.316 e. The average Bonchev–Trinajstić information content (AvgIpc) is 2.67. The molecule has 2 aliphatic heterocycles. The Morgan fingerprint density at radius 1 is 1.31 bits per heavy atom. The van der Waals surface area contributed by atoms with Crippen LogP contribution in [0.25, 0.3) is 0 Å². The van der Waals surface area contributed by atoms with Crippen molar-refractivity contribution in [2.45, 2.75) is 39.5 Å². The molecule has 2 heterocycles. The van der Waals surface area contributed by atoms with Gasteiger partial charge in [-0.1, -0.05) is 13.8 Å². The fourth-order valence-electron chi connectivity index (χ4n) is 3.89. The maximum absolute atomic E-state index is 3.61. The Hall–Kier alpha value is -0.0800. The summed E-state index contributed by atoms with van der Waals surface area (Å²) in [5.41, 5.74) is 0.634. The fourth-order valence-corrected chi connectivity index (χ4v) is 3.89. The van der Waals surface area contributed by atoms with Gasteiger partial charge in [-0.05, 0) is 69.6 Å². The van der Waals surface area contributed by atoms with E-state index in [4.69, 9.17) is 0 Å². The number of rotatable bonds is 3. The Morgan fingerprint density at radius 3 is 2.50 bits per heavy atom. The van der Waals surface area contributed by atoms with Gasteiger partial charge in [0, 0.05) is 6.54 Å². The maximum Gasteiger partial charge on any atom is 0.00111 e. The maximum atomic E-state index is 3.61. The van der Waals surface area contributed by atoms with Crippen LogP contribution in [0.4, 0.5) is 0 Å². The lowest BCUT2D eigenvalue weighted by molar-refractivity contribution is 0.0804. The van der Waals surface area contributed by atoms with E-state index in [0.717, 1.165) is 11.8 Å². The van der Waals surface area contributed by atoms with Crippen molar-refractivity contribution in [2.24, 2.45) is 17.3 Å². The summed E-state index contributed by atoms with van der Waals surface area (Å²) in [6.45, 7) is 9.91. The molecule has 0 aromatic carbocycles. The number of nitrogens with zero attached hydrogens (tertiary/aromatic N) is 1. The van der Waals surface area contributed by atoms with E-state index in [2.05, 4.69) is 31.1 Å². The Kier molecular flexibility index (Phi) is 3.91. The van der Waals surface area contributed by atoms with Crippen LogP contribution in [-0.4, -0.2) is 38.1 Å². The predicted molar refractivity (Wildman–Crippen MR) is 69.6 cm³/mol. The van der Waals surface area contributed by atoms with E-state index in [1.54, 1.807) is 0 Å². The van der Waals surface area contributed by atoms with Crippen LogP contribution in [0, 0.1) is 17.3 Å². The van der Waals surface area contributed by atoms with Gasteiger partial charge in [-0.15, -0.1) is 0 Å². The molecule has 1 unspecified atom stereocenters. The quantitative estimate of drug-likeness (QED) is 0.791. The molecule has 2 saturated heterocycles. The molecule has 1 atom stereocenters. The minimum atomic E-state index is 0.634. The fraction of sp³-hybridized carbons (Fsp3) is 1.00. The van der Waals surface area contributed by atoms with Gasteiger partial charge in [-0.3, -0.25) is 0 Å². The molecule has 94 valence electrons. The van der Waals surface area contributed by atoms with Gasteiger partial charge in [0.25, 0.3) is 0 Å². The van der Waals surface area contributed by atoms with Gasteiger partial charge in [0.05, 0.1) is 0 Å². The monoisotopic (exact) mass is 224 g/mol. The van der Waals surface area contributed by atoms with Crippen LogP contribution in [0.5, 0.6) is 0 Å². The van der Waals surface area contributed by atoms with Gasteiger partial charge < -0.3 is 10.2 Å². The van der Waals surface area contributed by atoms with Crippen molar-refractivity contribution in [1.82, 2.24) is 10.2 Å². The third-order valence-electron chi connectivity index (χ3n) is 4.68. The highest BCUT2D eigenvalue weighted by molar-refractivity contribution is 4.95. The van der Waals surface area contributed by atoms with Crippen molar-refractivity contribution in [3.8, 4) is 0 Å². The Bertz CT molecular complexity index is 211. The molecule has 2 nitrogen and oxygen atoms in total. The smallest absolute Gasteiger partial charge is 0.00111 e. The van der Waals surface area contributed by atoms with Gasteiger partial charge in [0.2, 0.25) is 0 Å². The Morgan fingerprint density at radius 2 is 2.00 bits per heavy atom. The highest BCUT2D eigenvalue weighted by atomic mass is 15.1. The van der Waals surface area contributed by atoms with E-state index in [-0.39, 0.29) is 0 Å². The third-order valence-corrected chi connectivity index (χ3v) is 4.68. The first-order valence-electron chi connectivity index (χ1n) is 7.02. The molecule has 1 N–H and O–H groups in total. The number of piperidine rings is 1. The van der Waals surface area contributed by atoms with Crippen molar-refractivity contribution in [3.05, 3.63) is 0 Å². The van der Waals surface area contributed by atoms with Crippen LogP contribution < -0.4 is 5.32 Å². The highest BCUT2D eigenvalue weighted by Crippen LogP contribution is 2.44. The molecule has 0 saturated carbocycles. The molecule has 2 aliphatic rings. The Balaban J connectivity index is 2.01. The van der Waals surface area contributed by atoms with Crippen molar-refractivity contribution in [2.75, 3.05) is 33.2 Å². The number of nitrogens with one attached hydrogen (secondary N) is 1. The molecule has 0 aromatic rings. The van der Waals surface area contributed by atoms with Crippen molar-refractivity contribution in [1.29, 1.82) is 0 Å². The topological polar surface area (TPSA) is 15.3 Å². The van der Waals surface area contributed by atoms with Crippen molar-refractivity contribution < 1.29 is 0 Å². The minimum absolute atomic E-state index is 0.634. The molecule has 2 heteroatoms. The zero-order valence-electron chi connectivity index (χ0n) is 11.3. The van der Waals surface area contributed by atoms with E-state index < -0.39 is 0 Å². The SMILES string of the molecule is CC(C)CC1(C2CCN(C)CC2)CCNC1. The van der Waals surface area contributed by atoms with Gasteiger partial charge in [0.1, 0.15) is 0 Å². The van der Waals surface area contributed by atoms with Gasteiger partial charge >= 0.3 is 0 Å². The summed E-state index contributed by atoms with van der Waals surface area (Å²) in [6.07, 6.45) is 5.68. The molecule has 2 fully saturated rings. The van der Waals surface area contributed by atoms with E-state index >= 15 is 0 Å². The van der Waals surface area contributed by atoms with Crippen LogP contribution in [0.2, 0.25) is 0 Å². The highest BCUT2D eigenvalue weighted by Gasteiger charge is 2.42. The summed E-state index contributed by atoms with van der Waals surface area (Å²) >= 11 is 0. The van der Waals surface area contributed by atoms with E-state index in [9.17, 15) is 0 Å². The zero-order chi connectivity index (χ0) is 11.6. The summed E-state index contributed by atoms with van der Waals surface area (Å²) in [7, 11) is 2.26. The molecule has 0 radical (unpaired) electrons. The van der Waals surface area contributed by atoms with Crippen LogP contribution in [0.3, 0.4) is 0 Å². The van der Waals surface area contributed by atoms with Crippen LogP contribution in [0.1, 0.15) is 39.5 Å². The summed E-state index contributed by atoms with van der Waals surface area (Å²) < 4.78 is 0. The van der Waals surface area contributed by atoms with Crippen LogP contribution in [0.15, 0.2) is 0 Å². The lowest BCUT2D eigenvalue weighted by atomic mass is 9.66. The normalized spacial score (nSPS) is 33.8. The molecule has 0 spiro atoms. The van der Waals surface area contributed by atoms with Gasteiger partial charge in [-0.2, -0.15) is 0 Å². The second-order valence-electron chi connectivity index (χ2n) is 6.46. The zero-order valence-corrected chi connectivity index (χ0v) is 11.3. The number of hydrogen-bond acceptors (Lipinski definition) is 2. The molecular formula is C14H28N2.